The number of carboxylic acids is 1. The summed E-state index contributed by atoms with van der Waals surface area (Å²) in [5, 5.41) is 17.4. The Balaban J connectivity index is 3.88. The summed E-state index contributed by atoms with van der Waals surface area (Å²) in [6, 6.07) is 0. The summed E-state index contributed by atoms with van der Waals surface area (Å²) in [5.41, 5.74) is 0.493. The van der Waals surface area contributed by atoms with Crippen molar-refractivity contribution in [2.24, 2.45) is 0 Å². The van der Waals surface area contributed by atoms with Gasteiger partial charge in [-0.3, -0.25) is 0 Å². The Morgan fingerprint density at radius 2 is 2.00 bits per heavy atom. The van der Waals surface area contributed by atoms with Crippen molar-refractivity contribution in [2.45, 2.75) is 45.4 Å². The number of carboxylic acid groups (broad SMARTS) is 1. The zero-order valence-electron chi connectivity index (χ0n) is 8.83. The first kappa shape index (κ1) is 13.2. The van der Waals surface area contributed by atoms with Crippen LogP contribution in [-0.2, 0) is 4.79 Å². The third-order valence-electron chi connectivity index (χ3n) is 2.08. The predicted octanol–water partition coefficient (Wildman–Crippen LogP) is 2.35. The fraction of sp³-hybridized carbons (Fsp3) is 0.727. The van der Waals surface area contributed by atoms with Crippen molar-refractivity contribution in [3.05, 3.63) is 11.6 Å². The van der Waals surface area contributed by atoms with Crippen molar-refractivity contribution >= 4 is 5.97 Å². The number of allylic oxidation sites excluding steroid dienone is 1. The second-order valence-corrected chi connectivity index (χ2v) is 3.36. The van der Waals surface area contributed by atoms with E-state index in [0.29, 0.717) is 18.4 Å². The van der Waals surface area contributed by atoms with E-state index in [-0.39, 0.29) is 6.61 Å². The lowest BCUT2D eigenvalue weighted by atomic mass is 10.1. The summed E-state index contributed by atoms with van der Waals surface area (Å²) < 4.78 is 0. The number of aliphatic carboxylic acids is 1. The monoisotopic (exact) mass is 200 g/mol. The summed E-state index contributed by atoms with van der Waals surface area (Å²) in [6.07, 6.45) is 6.77. The van der Waals surface area contributed by atoms with E-state index in [0.717, 1.165) is 25.7 Å². The van der Waals surface area contributed by atoms with Gasteiger partial charge in [0.1, 0.15) is 0 Å². The van der Waals surface area contributed by atoms with Gasteiger partial charge < -0.3 is 10.2 Å². The molecule has 0 radical (unpaired) electrons. The van der Waals surface area contributed by atoms with Crippen molar-refractivity contribution in [3.8, 4) is 0 Å². The Bertz CT molecular complexity index is 185. The van der Waals surface area contributed by atoms with Gasteiger partial charge in [-0.1, -0.05) is 25.8 Å². The number of carbonyl (C=O) groups is 1. The smallest absolute Gasteiger partial charge is 0.331 e. The molecule has 0 saturated heterocycles. The van der Waals surface area contributed by atoms with Crippen LogP contribution in [0.1, 0.15) is 45.4 Å². The molecule has 0 atom stereocenters. The molecule has 82 valence electrons. The zero-order chi connectivity index (χ0) is 10.8. The molecule has 0 aliphatic rings. The van der Waals surface area contributed by atoms with Crippen LogP contribution in [0.4, 0.5) is 0 Å². The SMILES string of the molecule is CCCCC=C(CCCCO)C(=O)O. The minimum atomic E-state index is -0.820. The van der Waals surface area contributed by atoms with Crippen LogP contribution in [-0.4, -0.2) is 22.8 Å². The number of aliphatic hydroxyl groups excluding tert-OH is 1. The molecule has 0 rings (SSSR count). The van der Waals surface area contributed by atoms with Crippen molar-refractivity contribution in [1.29, 1.82) is 0 Å². The molecule has 0 unspecified atom stereocenters. The van der Waals surface area contributed by atoms with E-state index in [1.807, 2.05) is 6.08 Å². The quantitative estimate of drug-likeness (QED) is 0.467. The van der Waals surface area contributed by atoms with Gasteiger partial charge in [-0.15, -0.1) is 0 Å². The summed E-state index contributed by atoms with van der Waals surface area (Å²) in [6.45, 7) is 2.22. The molecule has 0 amide bonds. The Kier molecular flexibility index (Phi) is 8.24. The molecule has 0 aromatic heterocycles. The third kappa shape index (κ3) is 6.66. The standard InChI is InChI=1S/C11H20O3/c1-2-3-4-7-10(11(13)14)8-5-6-9-12/h7,12H,2-6,8-9H2,1H3,(H,13,14). The second-order valence-electron chi connectivity index (χ2n) is 3.36. The highest BCUT2D eigenvalue weighted by atomic mass is 16.4. The van der Waals surface area contributed by atoms with E-state index in [1.54, 1.807) is 0 Å². The Morgan fingerprint density at radius 3 is 2.50 bits per heavy atom. The highest BCUT2D eigenvalue weighted by Gasteiger charge is 2.05. The lowest BCUT2D eigenvalue weighted by Crippen LogP contribution is -2.01. The first-order chi connectivity index (χ1) is 6.72. The number of unbranched alkanes of at least 4 members (excludes halogenated alkanes) is 3. The van der Waals surface area contributed by atoms with Crippen LogP contribution in [0.5, 0.6) is 0 Å². The van der Waals surface area contributed by atoms with Crippen LogP contribution < -0.4 is 0 Å². The molecule has 2 N–H and O–H groups in total. The van der Waals surface area contributed by atoms with E-state index < -0.39 is 5.97 Å². The molecule has 0 saturated carbocycles. The van der Waals surface area contributed by atoms with E-state index in [2.05, 4.69) is 6.92 Å². The molecule has 0 aromatic carbocycles. The summed E-state index contributed by atoms with van der Waals surface area (Å²) in [7, 11) is 0. The minimum absolute atomic E-state index is 0.141. The molecule has 0 aliphatic carbocycles. The lowest BCUT2D eigenvalue weighted by molar-refractivity contribution is -0.132. The molecular weight excluding hydrogens is 180 g/mol. The third-order valence-corrected chi connectivity index (χ3v) is 2.08. The van der Waals surface area contributed by atoms with Crippen LogP contribution in [0, 0.1) is 0 Å². The largest absolute Gasteiger partial charge is 0.478 e. The molecule has 0 spiro atoms. The second kappa shape index (κ2) is 8.75. The van der Waals surface area contributed by atoms with Crippen molar-refractivity contribution < 1.29 is 15.0 Å². The first-order valence-corrected chi connectivity index (χ1v) is 5.25. The van der Waals surface area contributed by atoms with E-state index in [1.165, 1.54) is 0 Å². The van der Waals surface area contributed by atoms with Gasteiger partial charge in [0, 0.05) is 12.2 Å². The summed E-state index contributed by atoms with van der Waals surface area (Å²) in [4.78, 5) is 10.8. The number of aliphatic hydroxyl groups is 1. The molecule has 0 bridgehead atoms. The molecule has 0 heterocycles. The van der Waals surface area contributed by atoms with Gasteiger partial charge in [-0.05, 0) is 25.7 Å². The van der Waals surface area contributed by atoms with Gasteiger partial charge in [0.25, 0.3) is 0 Å². The number of hydrogen-bond donors (Lipinski definition) is 2. The summed E-state index contributed by atoms with van der Waals surface area (Å²) >= 11 is 0. The van der Waals surface area contributed by atoms with Crippen LogP contribution in [0.3, 0.4) is 0 Å². The van der Waals surface area contributed by atoms with Gasteiger partial charge in [0.05, 0.1) is 0 Å². The van der Waals surface area contributed by atoms with Crippen LogP contribution in [0.15, 0.2) is 11.6 Å². The van der Waals surface area contributed by atoms with Crippen molar-refractivity contribution in [1.82, 2.24) is 0 Å². The van der Waals surface area contributed by atoms with Crippen molar-refractivity contribution in [2.75, 3.05) is 6.61 Å². The average molecular weight is 200 g/mol. The number of rotatable bonds is 8. The molecule has 3 heteroatoms. The fourth-order valence-electron chi connectivity index (χ4n) is 1.20. The van der Waals surface area contributed by atoms with Crippen molar-refractivity contribution in [3.63, 3.8) is 0 Å². The van der Waals surface area contributed by atoms with Gasteiger partial charge in [-0.25, -0.2) is 4.79 Å². The zero-order valence-corrected chi connectivity index (χ0v) is 8.83. The fourth-order valence-corrected chi connectivity index (χ4v) is 1.20. The molecule has 0 aliphatic heterocycles. The normalized spacial score (nSPS) is 11.7. The van der Waals surface area contributed by atoms with Gasteiger partial charge in [0.15, 0.2) is 0 Å². The number of hydrogen-bond acceptors (Lipinski definition) is 2. The van der Waals surface area contributed by atoms with E-state index >= 15 is 0 Å². The predicted molar refractivity (Wildman–Crippen MR) is 56.2 cm³/mol. The maximum Gasteiger partial charge on any atom is 0.331 e. The maximum absolute atomic E-state index is 10.8. The molecular formula is C11H20O3. The Hall–Kier alpha value is -0.830. The Morgan fingerprint density at radius 1 is 1.29 bits per heavy atom. The highest BCUT2D eigenvalue weighted by molar-refractivity contribution is 5.86. The minimum Gasteiger partial charge on any atom is -0.478 e. The summed E-state index contributed by atoms with van der Waals surface area (Å²) in [5.74, 6) is -0.820. The Labute approximate surface area is 85.4 Å². The molecule has 0 aromatic rings. The van der Waals surface area contributed by atoms with Gasteiger partial charge >= 0.3 is 5.97 Å². The average Bonchev–Trinajstić information content (AvgIpc) is 2.15. The maximum atomic E-state index is 10.8. The highest BCUT2D eigenvalue weighted by Crippen LogP contribution is 2.10. The van der Waals surface area contributed by atoms with E-state index in [4.69, 9.17) is 10.2 Å². The molecule has 0 fully saturated rings. The topological polar surface area (TPSA) is 57.5 Å². The van der Waals surface area contributed by atoms with Gasteiger partial charge in [-0.2, -0.15) is 0 Å². The van der Waals surface area contributed by atoms with Crippen LogP contribution in [0.2, 0.25) is 0 Å². The van der Waals surface area contributed by atoms with Crippen LogP contribution >= 0.6 is 0 Å². The van der Waals surface area contributed by atoms with E-state index in [9.17, 15) is 4.79 Å². The van der Waals surface area contributed by atoms with Crippen LogP contribution in [0.25, 0.3) is 0 Å². The first-order valence-electron chi connectivity index (χ1n) is 5.25. The molecule has 14 heavy (non-hydrogen) atoms. The van der Waals surface area contributed by atoms with Gasteiger partial charge in [0.2, 0.25) is 0 Å². The lowest BCUT2D eigenvalue weighted by Gasteiger charge is -2.01. The molecule has 3 nitrogen and oxygen atoms in total.